The molecule has 0 bridgehead atoms. The standard InChI is InChI=1S/C22H22N4O2/c1-2-9-19(16-10-5-3-6-11-16)28-15-18-14-20(27)26-22(23-18)24-21(25-26)17-12-7-4-8-13-17/h3-8,10-14,19H,2,9,15H2,1H3,(H,23,24,25)/t19-/m0/s1. The van der Waals surface area contributed by atoms with Gasteiger partial charge >= 0.3 is 0 Å². The van der Waals surface area contributed by atoms with Crippen LogP contribution in [0.3, 0.4) is 0 Å². The summed E-state index contributed by atoms with van der Waals surface area (Å²) >= 11 is 0. The van der Waals surface area contributed by atoms with Gasteiger partial charge in [0, 0.05) is 17.3 Å². The molecule has 0 unspecified atom stereocenters. The molecule has 2 aromatic carbocycles. The molecule has 6 nitrogen and oxygen atoms in total. The molecular formula is C22H22N4O2. The summed E-state index contributed by atoms with van der Waals surface area (Å²) in [6.45, 7) is 2.44. The molecule has 0 spiro atoms. The van der Waals surface area contributed by atoms with Gasteiger partial charge in [0.15, 0.2) is 5.82 Å². The molecule has 4 rings (SSSR count). The van der Waals surface area contributed by atoms with Crippen LogP contribution in [0.1, 0.15) is 37.1 Å². The molecule has 0 saturated carbocycles. The van der Waals surface area contributed by atoms with Crippen molar-refractivity contribution >= 4 is 5.78 Å². The van der Waals surface area contributed by atoms with Crippen molar-refractivity contribution in [1.29, 1.82) is 0 Å². The third kappa shape index (κ3) is 3.87. The lowest BCUT2D eigenvalue weighted by Gasteiger charge is -2.17. The minimum absolute atomic E-state index is 0.0105. The molecule has 0 amide bonds. The maximum Gasteiger partial charge on any atom is 0.275 e. The van der Waals surface area contributed by atoms with Crippen LogP contribution in [-0.2, 0) is 11.3 Å². The molecule has 1 N–H and O–H groups in total. The number of fused-ring (bicyclic) bond motifs is 1. The van der Waals surface area contributed by atoms with Crippen LogP contribution in [0.15, 0.2) is 71.5 Å². The molecule has 142 valence electrons. The third-order valence-electron chi connectivity index (χ3n) is 4.58. The fourth-order valence-corrected chi connectivity index (χ4v) is 3.19. The van der Waals surface area contributed by atoms with E-state index in [0.717, 1.165) is 24.0 Å². The molecule has 0 aliphatic heterocycles. The van der Waals surface area contributed by atoms with Gasteiger partial charge in [-0.3, -0.25) is 4.79 Å². The van der Waals surface area contributed by atoms with Crippen LogP contribution in [0, 0.1) is 0 Å². The van der Waals surface area contributed by atoms with E-state index in [1.165, 1.54) is 10.6 Å². The normalized spacial score (nSPS) is 12.3. The number of nitrogens with zero attached hydrogens (tertiary/aromatic N) is 3. The monoisotopic (exact) mass is 374 g/mol. The Labute approximate surface area is 162 Å². The molecule has 0 fully saturated rings. The number of ether oxygens (including phenoxy) is 1. The highest BCUT2D eigenvalue weighted by molar-refractivity contribution is 5.56. The first-order valence-corrected chi connectivity index (χ1v) is 9.45. The van der Waals surface area contributed by atoms with Crippen molar-refractivity contribution in [3.63, 3.8) is 0 Å². The van der Waals surface area contributed by atoms with E-state index >= 15 is 0 Å². The molecule has 0 aliphatic rings. The molecule has 0 radical (unpaired) electrons. The second kappa shape index (κ2) is 8.19. The lowest BCUT2D eigenvalue weighted by molar-refractivity contribution is 0.0315. The zero-order chi connectivity index (χ0) is 19.3. The first kappa shape index (κ1) is 18.1. The van der Waals surface area contributed by atoms with Gasteiger partial charge in [-0.25, -0.2) is 0 Å². The van der Waals surface area contributed by atoms with E-state index in [0.29, 0.717) is 23.9 Å². The summed E-state index contributed by atoms with van der Waals surface area (Å²) in [5, 5.41) is 4.32. The Hall–Kier alpha value is -3.25. The highest BCUT2D eigenvalue weighted by Gasteiger charge is 2.13. The molecular weight excluding hydrogens is 352 g/mol. The first-order valence-electron chi connectivity index (χ1n) is 9.45. The van der Waals surface area contributed by atoms with Gasteiger partial charge in [0.25, 0.3) is 5.56 Å². The number of benzene rings is 2. The van der Waals surface area contributed by atoms with Crippen molar-refractivity contribution in [1.82, 2.24) is 19.6 Å². The summed E-state index contributed by atoms with van der Waals surface area (Å²) in [7, 11) is 0. The molecule has 4 aromatic rings. The third-order valence-corrected chi connectivity index (χ3v) is 4.58. The highest BCUT2D eigenvalue weighted by Crippen LogP contribution is 2.23. The molecule has 2 heterocycles. The quantitative estimate of drug-likeness (QED) is 0.528. The lowest BCUT2D eigenvalue weighted by Crippen LogP contribution is -2.16. The molecule has 1 atom stereocenters. The topological polar surface area (TPSA) is 72.3 Å². The fourth-order valence-electron chi connectivity index (χ4n) is 3.19. The van der Waals surface area contributed by atoms with E-state index in [4.69, 9.17) is 4.74 Å². The Bertz CT molecular complexity index is 1100. The van der Waals surface area contributed by atoms with Gasteiger partial charge in [-0.2, -0.15) is 9.50 Å². The second-order valence-corrected chi connectivity index (χ2v) is 6.67. The summed E-state index contributed by atoms with van der Waals surface area (Å²) in [5.74, 6) is 0.928. The molecule has 28 heavy (non-hydrogen) atoms. The summed E-state index contributed by atoms with van der Waals surface area (Å²) in [5.41, 5.74) is 2.46. The molecule has 6 heteroatoms. The van der Waals surface area contributed by atoms with Gasteiger partial charge in [-0.1, -0.05) is 74.0 Å². The van der Waals surface area contributed by atoms with Crippen LogP contribution in [0.25, 0.3) is 17.2 Å². The number of hydrogen-bond acceptors (Lipinski definition) is 4. The van der Waals surface area contributed by atoms with Crippen LogP contribution < -0.4 is 5.56 Å². The summed E-state index contributed by atoms with van der Waals surface area (Å²) in [4.78, 5) is 20.1. The molecule has 0 saturated heterocycles. The van der Waals surface area contributed by atoms with E-state index in [9.17, 15) is 4.79 Å². The zero-order valence-electron chi connectivity index (χ0n) is 15.7. The van der Waals surface area contributed by atoms with E-state index in [1.807, 2.05) is 48.5 Å². The average molecular weight is 374 g/mol. The van der Waals surface area contributed by atoms with Crippen molar-refractivity contribution in [2.45, 2.75) is 32.5 Å². The number of nitrogens with one attached hydrogen (secondary N) is 1. The van der Waals surface area contributed by atoms with Gasteiger partial charge in [-0.05, 0) is 12.0 Å². The maximum absolute atomic E-state index is 12.5. The Morgan fingerprint density at radius 1 is 1.07 bits per heavy atom. The minimum Gasteiger partial charge on any atom is -0.367 e. The fraction of sp³-hybridized carbons (Fsp3) is 0.227. The summed E-state index contributed by atoms with van der Waals surface area (Å²) in [6, 6.07) is 21.3. The van der Waals surface area contributed by atoms with Crippen molar-refractivity contribution in [3.8, 4) is 11.4 Å². The van der Waals surface area contributed by atoms with Gasteiger partial charge < -0.3 is 9.72 Å². The summed E-state index contributed by atoms with van der Waals surface area (Å²) < 4.78 is 7.41. The summed E-state index contributed by atoms with van der Waals surface area (Å²) in [6.07, 6.45) is 1.92. The largest absolute Gasteiger partial charge is 0.367 e. The van der Waals surface area contributed by atoms with Crippen LogP contribution in [0.5, 0.6) is 0 Å². The van der Waals surface area contributed by atoms with Crippen LogP contribution in [0.4, 0.5) is 0 Å². The van der Waals surface area contributed by atoms with Crippen LogP contribution in [0.2, 0.25) is 0 Å². The second-order valence-electron chi connectivity index (χ2n) is 6.67. The van der Waals surface area contributed by atoms with Gasteiger partial charge in [0.1, 0.15) is 0 Å². The van der Waals surface area contributed by atoms with Crippen molar-refractivity contribution in [3.05, 3.63) is 88.3 Å². The minimum atomic E-state index is -0.228. The van der Waals surface area contributed by atoms with Gasteiger partial charge in [-0.15, -0.1) is 5.10 Å². The van der Waals surface area contributed by atoms with Gasteiger partial charge in [0.05, 0.1) is 12.7 Å². The Kier molecular flexibility index (Phi) is 5.30. The first-order chi connectivity index (χ1) is 13.7. The van der Waals surface area contributed by atoms with E-state index in [-0.39, 0.29) is 11.7 Å². The number of H-pyrrole nitrogens is 1. The van der Waals surface area contributed by atoms with Crippen molar-refractivity contribution in [2.75, 3.05) is 0 Å². The Morgan fingerprint density at radius 3 is 2.50 bits per heavy atom. The SMILES string of the molecule is CCC[C@H](OCc1cc(=O)n2nc(-c3ccccc3)nc2[nH]1)c1ccccc1. The van der Waals surface area contributed by atoms with E-state index < -0.39 is 0 Å². The smallest absolute Gasteiger partial charge is 0.275 e. The number of aromatic nitrogens is 4. The number of hydrogen-bond donors (Lipinski definition) is 1. The van der Waals surface area contributed by atoms with Gasteiger partial charge in [0.2, 0.25) is 5.78 Å². The van der Waals surface area contributed by atoms with E-state index in [2.05, 4.69) is 34.1 Å². The van der Waals surface area contributed by atoms with Crippen molar-refractivity contribution in [2.24, 2.45) is 0 Å². The number of aromatic amines is 1. The van der Waals surface area contributed by atoms with E-state index in [1.54, 1.807) is 0 Å². The predicted octanol–water partition coefficient (Wildman–Crippen LogP) is 4.14. The predicted molar refractivity (Wildman–Crippen MR) is 108 cm³/mol. The maximum atomic E-state index is 12.5. The highest BCUT2D eigenvalue weighted by atomic mass is 16.5. The average Bonchev–Trinajstić information content (AvgIpc) is 3.17. The number of rotatable bonds is 7. The Balaban J connectivity index is 1.58. The lowest BCUT2D eigenvalue weighted by atomic mass is 10.1. The van der Waals surface area contributed by atoms with Crippen molar-refractivity contribution < 1.29 is 4.74 Å². The Morgan fingerprint density at radius 2 is 1.79 bits per heavy atom. The molecule has 2 aromatic heterocycles. The molecule has 0 aliphatic carbocycles. The zero-order valence-corrected chi connectivity index (χ0v) is 15.7. The van der Waals surface area contributed by atoms with Crippen LogP contribution >= 0.6 is 0 Å². The van der Waals surface area contributed by atoms with Crippen LogP contribution in [-0.4, -0.2) is 19.6 Å².